The number of esters is 2. The van der Waals surface area contributed by atoms with E-state index in [1.54, 1.807) is 6.92 Å². The van der Waals surface area contributed by atoms with Crippen LogP contribution in [0.1, 0.15) is 13.3 Å². The monoisotopic (exact) mass is 170 g/mol. The normalized spacial score (nSPS) is 22.2. The molecule has 1 unspecified atom stereocenters. The van der Waals surface area contributed by atoms with Gasteiger partial charge in [-0.2, -0.15) is 0 Å². The Bertz CT molecular complexity index is 215. The molecule has 1 atom stereocenters. The summed E-state index contributed by atoms with van der Waals surface area (Å²) in [7, 11) is 0. The third-order valence-corrected chi connectivity index (χ3v) is 1.52. The van der Waals surface area contributed by atoms with Crippen molar-refractivity contribution in [3.05, 3.63) is 12.2 Å². The zero-order valence-electron chi connectivity index (χ0n) is 6.83. The molecule has 66 valence electrons. The summed E-state index contributed by atoms with van der Waals surface area (Å²) in [5.41, 5.74) is 0.327. The molecule has 1 rings (SSSR count). The van der Waals surface area contributed by atoms with Gasteiger partial charge < -0.3 is 9.47 Å². The van der Waals surface area contributed by atoms with Gasteiger partial charge in [0.1, 0.15) is 0 Å². The fourth-order valence-corrected chi connectivity index (χ4v) is 0.928. The summed E-state index contributed by atoms with van der Waals surface area (Å²) in [5, 5.41) is 0. The Hall–Kier alpha value is -1.32. The Morgan fingerprint density at radius 1 is 1.83 bits per heavy atom. The van der Waals surface area contributed by atoms with Crippen LogP contribution in [0.2, 0.25) is 0 Å². The Labute approximate surface area is 70.1 Å². The van der Waals surface area contributed by atoms with Crippen LogP contribution in [0.4, 0.5) is 0 Å². The van der Waals surface area contributed by atoms with Crippen molar-refractivity contribution in [3.63, 3.8) is 0 Å². The summed E-state index contributed by atoms with van der Waals surface area (Å²) in [6.45, 7) is 5.43. The highest BCUT2D eigenvalue weighted by Gasteiger charge is 2.33. The van der Waals surface area contributed by atoms with Gasteiger partial charge in [0.05, 0.1) is 6.61 Å². The lowest BCUT2D eigenvalue weighted by Crippen LogP contribution is -2.22. The van der Waals surface area contributed by atoms with Gasteiger partial charge in [-0.05, 0) is 6.92 Å². The molecule has 0 amide bonds. The van der Waals surface area contributed by atoms with Crippen LogP contribution in [0.5, 0.6) is 0 Å². The predicted molar refractivity (Wildman–Crippen MR) is 40.3 cm³/mol. The molecule has 0 radical (unpaired) electrons. The van der Waals surface area contributed by atoms with Crippen molar-refractivity contribution in [3.8, 4) is 0 Å². The van der Waals surface area contributed by atoms with Gasteiger partial charge in [0.15, 0.2) is 0 Å². The van der Waals surface area contributed by atoms with Gasteiger partial charge in [-0.25, -0.2) is 9.59 Å². The van der Waals surface area contributed by atoms with E-state index in [4.69, 9.17) is 0 Å². The molecular weight excluding hydrogens is 160 g/mol. The molecule has 1 aliphatic rings. The van der Waals surface area contributed by atoms with Gasteiger partial charge in [0.25, 0.3) is 0 Å². The Balaban J connectivity index is 2.51. The summed E-state index contributed by atoms with van der Waals surface area (Å²) < 4.78 is 9.34. The smallest absolute Gasteiger partial charge is 0.347 e. The third kappa shape index (κ3) is 1.64. The second kappa shape index (κ2) is 3.38. The van der Waals surface area contributed by atoms with Gasteiger partial charge in [0.2, 0.25) is 6.10 Å². The molecule has 1 aliphatic heterocycles. The molecule has 0 spiro atoms. The van der Waals surface area contributed by atoms with Crippen molar-refractivity contribution in [1.82, 2.24) is 0 Å². The maximum absolute atomic E-state index is 11.0. The second-order valence-electron chi connectivity index (χ2n) is 2.45. The molecule has 4 nitrogen and oxygen atoms in total. The minimum Gasteiger partial charge on any atom is -0.463 e. The van der Waals surface area contributed by atoms with Gasteiger partial charge in [-0.3, -0.25) is 0 Å². The van der Waals surface area contributed by atoms with E-state index in [9.17, 15) is 9.59 Å². The van der Waals surface area contributed by atoms with Crippen LogP contribution in [-0.2, 0) is 19.1 Å². The van der Waals surface area contributed by atoms with Crippen molar-refractivity contribution < 1.29 is 19.1 Å². The number of hydrogen-bond acceptors (Lipinski definition) is 4. The average molecular weight is 170 g/mol. The topological polar surface area (TPSA) is 52.6 Å². The molecule has 1 heterocycles. The number of carbonyl (C=O) groups is 2. The van der Waals surface area contributed by atoms with Gasteiger partial charge in [-0.15, -0.1) is 0 Å². The highest BCUT2D eigenvalue weighted by Crippen LogP contribution is 2.19. The summed E-state index contributed by atoms with van der Waals surface area (Å²) in [5.74, 6) is -1.00. The number of cyclic esters (lactones) is 1. The summed E-state index contributed by atoms with van der Waals surface area (Å²) in [6, 6.07) is 0. The first-order valence-electron chi connectivity index (χ1n) is 3.70. The standard InChI is InChI=1S/C8H10O4/c1-3-11-8(10)6-4-5(2)7(9)12-6/h6H,2-4H2,1H3. The third-order valence-electron chi connectivity index (χ3n) is 1.52. The van der Waals surface area contributed by atoms with Crippen LogP contribution >= 0.6 is 0 Å². The molecule has 0 aromatic carbocycles. The Morgan fingerprint density at radius 3 is 2.92 bits per heavy atom. The van der Waals surface area contributed by atoms with Crippen molar-refractivity contribution in [2.45, 2.75) is 19.4 Å². The molecule has 0 aromatic heterocycles. The maximum Gasteiger partial charge on any atom is 0.347 e. The maximum atomic E-state index is 11.0. The first-order valence-corrected chi connectivity index (χ1v) is 3.70. The number of hydrogen-bond donors (Lipinski definition) is 0. The first-order chi connectivity index (χ1) is 5.65. The fourth-order valence-electron chi connectivity index (χ4n) is 0.928. The van der Waals surface area contributed by atoms with Crippen LogP contribution < -0.4 is 0 Å². The highest BCUT2D eigenvalue weighted by molar-refractivity contribution is 5.94. The number of carbonyl (C=O) groups excluding carboxylic acids is 2. The molecule has 4 heteroatoms. The first kappa shape index (κ1) is 8.77. The zero-order chi connectivity index (χ0) is 9.14. The molecular formula is C8H10O4. The van der Waals surface area contributed by atoms with Gasteiger partial charge in [-0.1, -0.05) is 6.58 Å². The van der Waals surface area contributed by atoms with Gasteiger partial charge >= 0.3 is 11.9 Å². The number of ether oxygens (including phenoxy) is 2. The van der Waals surface area contributed by atoms with E-state index in [1.807, 2.05) is 0 Å². The lowest BCUT2D eigenvalue weighted by Gasteiger charge is -2.06. The molecule has 1 saturated heterocycles. The van der Waals surface area contributed by atoms with Crippen LogP contribution in [0.15, 0.2) is 12.2 Å². The van der Waals surface area contributed by atoms with E-state index in [2.05, 4.69) is 16.1 Å². The van der Waals surface area contributed by atoms with E-state index >= 15 is 0 Å². The predicted octanol–water partition coefficient (Wildman–Crippen LogP) is 0.421. The molecule has 1 fully saturated rings. The van der Waals surface area contributed by atoms with Crippen LogP contribution in [0.3, 0.4) is 0 Å². The average Bonchev–Trinajstić information content (AvgIpc) is 2.33. The Kier molecular flexibility index (Phi) is 2.47. The van der Waals surface area contributed by atoms with E-state index < -0.39 is 18.0 Å². The highest BCUT2D eigenvalue weighted by atomic mass is 16.6. The zero-order valence-corrected chi connectivity index (χ0v) is 6.83. The lowest BCUT2D eigenvalue weighted by molar-refractivity contribution is -0.160. The van der Waals surface area contributed by atoms with Crippen LogP contribution in [0, 0.1) is 0 Å². The molecule has 0 aliphatic carbocycles. The van der Waals surface area contributed by atoms with E-state index in [1.165, 1.54) is 0 Å². The van der Waals surface area contributed by atoms with Crippen LogP contribution in [0.25, 0.3) is 0 Å². The summed E-state index contributed by atoms with van der Waals surface area (Å²) in [4.78, 5) is 21.8. The summed E-state index contributed by atoms with van der Waals surface area (Å²) >= 11 is 0. The minimum absolute atomic E-state index is 0.248. The number of rotatable bonds is 2. The van der Waals surface area contributed by atoms with E-state index in [-0.39, 0.29) is 6.42 Å². The minimum atomic E-state index is -0.773. The molecule has 12 heavy (non-hydrogen) atoms. The van der Waals surface area contributed by atoms with Gasteiger partial charge in [0, 0.05) is 12.0 Å². The molecule has 0 N–H and O–H groups in total. The Morgan fingerprint density at radius 2 is 2.50 bits per heavy atom. The van der Waals surface area contributed by atoms with Crippen LogP contribution in [-0.4, -0.2) is 24.6 Å². The second-order valence-corrected chi connectivity index (χ2v) is 2.45. The lowest BCUT2D eigenvalue weighted by atomic mass is 10.2. The summed E-state index contributed by atoms with van der Waals surface area (Å²) in [6.07, 6.45) is -0.526. The quantitative estimate of drug-likeness (QED) is 0.445. The van der Waals surface area contributed by atoms with Crippen molar-refractivity contribution >= 4 is 11.9 Å². The van der Waals surface area contributed by atoms with Crippen molar-refractivity contribution in [1.29, 1.82) is 0 Å². The SMILES string of the molecule is C=C1CC(C(=O)OCC)OC1=O. The largest absolute Gasteiger partial charge is 0.463 e. The van der Waals surface area contributed by atoms with Crippen molar-refractivity contribution in [2.24, 2.45) is 0 Å². The van der Waals surface area contributed by atoms with E-state index in [0.717, 1.165) is 0 Å². The molecule has 0 aromatic rings. The fraction of sp³-hybridized carbons (Fsp3) is 0.500. The van der Waals surface area contributed by atoms with E-state index in [0.29, 0.717) is 12.2 Å². The molecule has 0 bridgehead atoms. The van der Waals surface area contributed by atoms with Crippen molar-refractivity contribution in [2.75, 3.05) is 6.61 Å². The molecule has 0 saturated carbocycles.